The van der Waals surface area contributed by atoms with Gasteiger partial charge < -0.3 is 20.1 Å². The van der Waals surface area contributed by atoms with E-state index in [1.54, 1.807) is 48.5 Å². The summed E-state index contributed by atoms with van der Waals surface area (Å²) in [6, 6.07) is 14.6. The lowest BCUT2D eigenvalue weighted by Crippen LogP contribution is -2.14. The number of amides is 1. The Hall–Kier alpha value is -3.61. The quantitative estimate of drug-likeness (QED) is 0.745. The summed E-state index contributed by atoms with van der Waals surface area (Å²) >= 11 is 0. The van der Waals surface area contributed by atoms with Gasteiger partial charge in [0.05, 0.1) is 11.3 Å². The third-order valence-corrected chi connectivity index (χ3v) is 3.81. The predicted molar refractivity (Wildman–Crippen MR) is 94.4 cm³/mol. The Labute approximate surface area is 148 Å². The Morgan fingerprint density at radius 1 is 1.04 bits per heavy atom. The molecule has 2 N–H and O–H groups in total. The SMILES string of the molecule is O=C(Nc1ccc2c(c1)OCO2)c1cccnc1Nc1ccccc1F. The molecule has 0 aliphatic carbocycles. The molecule has 6 nitrogen and oxygen atoms in total. The van der Waals surface area contributed by atoms with E-state index >= 15 is 0 Å². The van der Waals surface area contributed by atoms with Crippen LogP contribution in [0.3, 0.4) is 0 Å². The van der Waals surface area contributed by atoms with Crippen LogP contribution in [0.4, 0.5) is 21.6 Å². The number of hydrogen-bond acceptors (Lipinski definition) is 5. The molecule has 0 atom stereocenters. The predicted octanol–water partition coefficient (Wildman–Crippen LogP) is 3.95. The number of fused-ring (bicyclic) bond motifs is 1. The Balaban J connectivity index is 1.57. The fourth-order valence-corrected chi connectivity index (χ4v) is 2.55. The molecular weight excluding hydrogens is 337 g/mol. The van der Waals surface area contributed by atoms with E-state index in [-0.39, 0.29) is 29.8 Å². The van der Waals surface area contributed by atoms with Crippen LogP contribution in [0.1, 0.15) is 10.4 Å². The van der Waals surface area contributed by atoms with Crippen molar-refractivity contribution in [2.24, 2.45) is 0 Å². The summed E-state index contributed by atoms with van der Waals surface area (Å²) in [5, 5.41) is 5.64. The summed E-state index contributed by atoms with van der Waals surface area (Å²) < 4.78 is 24.4. The highest BCUT2D eigenvalue weighted by Crippen LogP contribution is 2.34. The number of pyridine rings is 1. The molecule has 1 aromatic heterocycles. The Morgan fingerprint density at radius 2 is 1.88 bits per heavy atom. The molecule has 2 heterocycles. The highest BCUT2D eigenvalue weighted by molar-refractivity contribution is 6.07. The van der Waals surface area contributed by atoms with Crippen molar-refractivity contribution in [2.75, 3.05) is 17.4 Å². The van der Waals surface area contributed by atoms with Gasteiger partial charge in [0.1, 0.15) is 11.6 Å². The third kappa shape index (κ3) is 3.14. The first kappa shape index (κ1) is 15.9. The molecular formula is C19H14FN3O3. The van der Waals surface area contributed by atoms with Gasteiger partial charge in [0, 0.05) is 18.0 Å². The maximum atomic E-state index is 13.9. The van der Waals surface area contributed by atoms with Crippen LogP contribution in [-0.4, -0.2) is 17.7 Å². The second-order valence-corrected chi connectivity index (χ2v) is 5.53. The fraction of sp³-hybridized carbons (Fsp3) is 0.0526. The van der Waals surface area contributed by atoms with Gasteiger partial charge in [0.25, 0.3) is 5.91 Å². The monoisotopic (exact) mass is 351 g/mol. The zero-order valence-electron chi connectivity index (χ0n) is 13.5. The molecule has 3 aromatic rings. The van der Waals surface area contributed by atoms with Crippen LogP contribution in [-0.2, 0) is 0 Å². The highest BCUT2D eigenvalue weighted by atomic mass is 19.1. The van der Waals surface area contributed by atoms with Crippen LogP contribution in [0.15, 0.2) is 60.8 Å². The second-order valence-electron chi connectivity index (χ2n) is 5.53. The number of para-hydroxylation sites is 1. The lowest BCUT2D eigenvalue weighted by molar-refractivity contribution is 0.102. The van der Waals surface area contributed by atoms with Gasteiger partial charge in [0.15, 0.2) is 11.5 Å². The molecule has 0 saturated heterocycles. The minimum Gasteiger partial charge on any atom is -0.454 e. The Kier molecular flexibility index (Phi) is 4.10. The molecule has 0 unspecified atom stereocenters. The van der Waals surface area contributed by atoms with Gasteiger partial charge in [-0.2, -0.15) is 0 Å². The molecule has 0 saturated carbocycles. The van der Waals surface area contributed by atoms with Crippen molar-refractivity contribution in [1.29, 1.82) is 0 Å². The minimum atomic E-state index is -0.430. The van der Waals surface area contributed by atoms with E-state index in [0.29, 0.717) is 17.2 Å². The molecule has 0 radical (unpaired) electrons. The average Bonchev–Trinajstić information content (AvgIpc) is 3.12. The summed E-state index contributed by atoms with van der Waals surface area (Å²) in [6.45, 7) is 0.159. The average molecular weight is 351 g/mol. The summed E-state index contributed by atoms with van der Waals surface area (Å²) in [4.78, 5) is 16.8. The van der Waals surface area contributed by atoms with Gasteiger partial charge in [-0.3, -0.25) is 4.79 Å². The van der Waals surface area contributed by atoms with Crippen molar-refractivity contribution in [3.63, 3.8) is 0 Å². The number of nitrogens with zero attached hydrogens (tertiary/aromatic N) is 1. The molecule has 4 rings (SSSR count). The van der Waals surface area contributed by atoms with Crippen LogP contribution < -0.4 is 20.1 Å². The molecule has 130 valence electrons. The first-order valence-electron chi connectivity index (χ1n) is 7.88. The zero-order chi connectivity index (χ0) is 17.9. The molecule has 2 aromatic carbocycles. The Bertz CT molecular complexity index is 978. The van der Waals surface area contributed by atoms with Crippen LogP contribution in [0.25, 0.3) is 0 Å². The number of nitrogens with one attached hydrogen (secondary N) is 2. The van der Waals surface area contributed by atoms with Crippen molar-refractivity contribution in [3.8, 4) is 11.5 Å². The summed E-state index contributed by atoms with van der Waals surface area (Å²) in [6.07, 6.45) is 1.53. The van der Waals surface area contributed by atoms with Crippen molar-refractivity contribution < 1.29 is 18.7 Å². The van der Waals surface area contributed by atoms with E-state index in [1.165, 1.54) is 12.3 Å². The molecule has 1 amide bonds. The Morgan fingerprint density at radius 3 is 2.77 bits per heavy atom. The van der Waals surface area contributed by atoms with E-state index in [9.17, 15) is 9.18 Å². The lowest BCUT2D eigenvalue weighted by atomic mass is 10.2. The number of ether oxygens (including phenoxy) is 2. The van der Waals surface area contributed by atoms with Gasteiger partial charge in [-0.15, -0.1) is 0 Å². The zero-order valence-corrected chi connectivity index (χ0v) is 13.5. The second kappa shape index (κ2) is 6.72. The van der Waals surface area contributed by atoms with Crippen molar-refractivity contribution in [2.45, 2.75) is 0 Å². The van der Waals surface area contributed by atoms with Gasteiger partial charge in [-0.1, -0.05) is 12.1 Å². The molecule has 1 aliphatic heterocycles. The first-order chi connectivity index (χ1) is 12.7. The summed E-state index contributed by atoms with van der Waals surface area (Å²) in [7, 11) is 0. The molecule has 26 heavy (non-hydrogen) atoms. The van der Waals surface area contributed by atoms with Crippen LogP contribution in [0.5, 0.6) is 11.5 Å². The first-order valence-corrected chi connectivity index (χ1v) is 7.88. The molecule has 0 spiro atoms. The normalized spacial score (nSPS) is 11.9. The molecule has 0 bridgehead atoms. The van der Waals surface area contributed by atoms with E-state index in [2.05, 4.69) is 15.6 Å². The van der Waals surface area contributed by atoms with E-state index in [0.717, 1.165) is 0 Å². The molecule has 0 fully saturated rings. The number of carbonyl (C=O) groups excluding carboxylic acids is 1. The largest absolute Gasteiger partial charge is 0.454 e. The van der Waals surface area contributed by atoms with Crippen LogP contribution in [0, 0.1) is 5.82 Å². The van der Waals surface area contributed by atoms with Gasteiger partial charge in [-0.05, 0) is 36.4 Å². The van der Waals surface area contributed by atoms with Gasteiger partial charge in [-0.25, -0.2) is 9.37 Å². The fourth-order valence-electron chi connectivity index (χ4n) is 2.55. The number of benzene rings is 2. The molecule has 7 heteroatoms. The highest BCUT2D eigenvalue weighted by Gasteiger charge is 2.17. The number of hydrogen-bond donors (Lipinski definition) is 2. The number of halogens is 1. The smallest absolute Gasteiger partial charge is 0.259 e. The molecule has 1 aliphatic rings. The number of carbonyl (C=O) groups is 1. The minimum absolute atomic E-state index is 0.159. The van der Waals surface area contributed by atoms with Gasteiger partial charge in [0.2, 0.25) is 6.79 Å². The number of rotatable bonds is 4. The number of anilines is 3. The number of aromatic nitrogens is 1. The van der Waals surface area contributed by atoms with E-state index in [1.807, 2.05) is 0 Å². The summed E-state index contributed by atoms with van der Waals surface area (Å²) in [5.41, 5.74) is 1.08. The van der Waals surface area contributed by atoms with Crippen molar-refractivity contribution >= 4 is 23.1 Å². The van der Waals surface area contributed by atoms with Crippen LogP contribution >= 0.6 is 0 Å². The van der Waals surface area contributed by atoms with Crippen LogP contribution in [0.2, 0.25) is 0 Å². The lowest BCUT2D eigenvalue weighted by Gasteiger charge is -2.12. The van der Waals surface area contributed by atoms with E-state index < -0.39 is 5.82 Å². The van der Waals surface area contributed by atoms with Crippen molar-refractivity contribution in [1.82, 2.24) is 4.98 Å². The maximum Gasteiger partial charge on any atom is 0.259 e. The van der Waals surface area contributed by atoms with Gasteiger partial charge >= 0.3 is 0 Å². The standard InChI is InChI=1S/C19H14FN3O3/c20-14-5-1-2-6-15(14)23-18-13(4-3-9-21-18)19(24)22-12-7-8-16-17(10-12)26-11-25-16/h1-10H,11H2,(H,21,23)(H,22,24). The van der Waals surface area contributed by atoms with Crippen molar-refractivity contribution in [3.05, 3.63) is 72.2 Å². The topological polar surface area (TPSA) is 72.5 Å². The van der Waals surface area contributed by atoms with E-state index in [4.69, 9.17) is 9.47 Å². The maximum absolute atomic E-state index is 13.9. The third-order valence-electron chi connectivity index (χ3n) is 3.81. The summed E-state index contributed by atoms with van der Waals surface area (Å²) in [5.74, 6) is 0.650.